The van der Waals surface area contributed by atoms with Gasteiger partial charge in [0.1, 0.15) is 0 Å². The number of thiophene rings is 1. The van der Waals surface area contributed by atoms with E-state index < -0.39 is 0 Å². The Hall–Kier alpha value is 0.350. The molecule has 0 radical (unpaired) electrons. The summed E-state index contributed by atoms with van der Waals surface area (Å²) in [7, 11) is 0. The van der Waals surface area contributed by atoms with E-state index in [1.54, 1.807) is 10.4 Å². The van der Waals surface area contributed by atoms with Gasteiger partial charge in [0.25, 0.3) is 0 Å². The molecule has 3 aliphatic rings. The summed E-state index contributed by atoms with van der Waals surface area (Å²) < 4.78 is 1.46. The van der Waals surface area contributed by atoms with E-state index in [0.717, 1.165) is 12.1 Å². The molecule has 1 aliphatic carbocycles. The molecule has 3 heterocycles. The van der Waals surface area contributed by atoms with Gasteiger partial charge < -0.3 is 5.32 Å². The average Bonchev–Trinajstić information content (AvgIpc) is 3.03. The molecule has 2 nitrogen and oxygen atoms in total. The molecule has 4 heteroatoms. The third-order valence-electron chi connectivity index (χ3n) is 5.35. The third kappa shape index (κ3) is 2.57. The fourth-order valence-electron chi connectivity index (χ4n) is 4.39. The van der Waals surface area contributed by atoms with Gasteiger partial charge in [-0.05, 0) is 79.3 Å². The summed E-state index contributed by atoms with van der Waals surface area (Å²) in [5, 5.41) is 4.05. The summed E-state index contributed by atoms with van der Waals surface area (Å²) in [5.41, 5.74) is 1.62. The number of nitrogens with zero attached hydrogens (tertiary/aromatic N) is 1. The van der Waals surface area contributed by atoms with Gasteiger partial charge in [-0.3, -0.25) is 4.90 Å². The van der Waals surface area contributed by atoms with Crippen LogP contribution in [0.15, 0.2) is 6.07 Å². The maximum atomic E-state index is 4.05. The van der Waals surface area contributed by atoms with E-state index >= 15 is 0 Å². The Kier molecular flexibility index (Phi) is 4.09. The third-order valence-corrected chi connectivity index (χ3v) is 7.33. The molecule has 1 N–H and O–H groups in total. The first-order chi connectivity index (χ1) is 9.81. The van der Waals surface area contributed by atoms with Crippen molar-refractivity contribution in [2.45, 2.75) is 63.1 Å². The van der Waals surface area contributed by atoms with E-state index in [9.17, 15) is 0 Å². The van der Waals surface area contributed by atoms with E-state index in [-0.39, 0.29) is 0 Å². The van der Waals surface area contributed by atoms with Crippen molar-refractivity contribution in [1.29, 1.82) is 0 Å². The molecule has 3 atom stereocenters. The largest absolute Gasteiger partial charge is 0.306 e. The van der Waals surface area contributed by atoms with E-state index in [4.69, 9.17) is 0 Å². The Bertz CT molecular complexity index is 487. The molecule has 0 aromatic carbocycles. The first kappa shape index (κ1) is 14.0. The number of rotatable bonds is 2. The van der Waals surface area contributed by atoms with Gasteiger partial charge in [0, 0.05) is 29.5 Å². The fraction of sp³-hybridized carbons (Fsp3) is 0.750. The van der Waals surface area contributed by atoms with Crippen LogP contribution >= 0.6 is 33.9 Å². The first-order valence-electron chi connectivity index (χ1n) is 8.09. The molecular formula is C16H23IN2S. The van der Waals surface area contributed by atoms with Crippen LogP contribution in [-0.4, -0.2) is 30.1 Å². The number of fused-ring (bicyclic) bond motifs is 2. The lowest BCUT2D eigenvalue weighted by Gasteiger charge is -2.35. The average molecular weight is 402 g/mol. The predicted molar refractivity (Wildman–Crippen MR) is 93.5 cm³/mol. The molecule has 0 amide bonds. The minimum absolute atomic E-state index is 0.630. The summed E-state index contributed by atoms with van der Waals surface area (Å²) in [6.07, 6.45) is 9.63. The van der Waals surface area contributed by atoms with Gasteiger partial charge in [-0.2, -0.15) is 0 Å². The van der Waals surface area contributed by atoms with Crippen LogP contribution in [0.4, 0.5) is 0 Å². The first-order valence-corrected chi connectivity index (χ1v) is 9.99. The van der Waals surface area contributed by atoms with Gasteiger partial charge in [0.15, 0.2) is 0 Å². The van der Waals surface area contributed by atoms with Crippen LogP contribution in [0.3, 0.4) is 0 Å². The van der Waals surface area contributed by atoms with Gasteiger partial charge in [-0.1, -0.05) is 6.42 Å². The molecule has 2 aliphatic heterocycles. The van der Waals surface area contributed by atoms with E-state index in [2.05, 4.69) is 38.9 Å². The fourth-order valence-corrected chi connectivity index (χ4v) is 6.51. The van der Waals surface area contributed by atoms with Crippen LogP contribution in [0, 0.1) is 2.88 Å². The van der Waals surface area contributed by atoms with Crippen molar-refractivity contribution in [1.82, 2.24) is 10.2 Å². The zero-order valence-electron chi connectivity index (χ0n) is 11.9. The SMILES string of the molecule is Ic1cc2c(s1)CCCC2NC1CCN2CCCCC12. The van der Waals surface area contributed by atoms with Crippen LogP contribution in [0.5, 0.6) is 0 Å². The maximum Gasteiger partial charge on any atom is 0.0659 e. The number of aryl methyl sites for hydroxylation is 1. The monoisotopic (exact) mass is 402 g/mol. The van der Waals surface area contributed by atoms with E-state index in [0.29, 0.717) is 6.04 Å². The molecule has 2 saturated heterocycles. The number of hydrogen-bond donors (Lipinski definition) is 1. The number of halogens is 1. The minimum Gasteiger partial charge on any atom is -0.306 e. The number of nitrogens with one attached hydrogen (secondary N) is 1. The quantitative estimate of drug-likeness (QED) is 0.754. The highest BCUT2D eigenvalue weighted by atomic mass is 127. The molecule has 3 unspecified atom stereocenters. The molecule has 110 valence electrons. The van der Waals surface area contributed by atoms with Gasteiger partial charge in [-0.15, -0.1) is 11.3 Å². The molecule has 1 aromatic heterocycles. The minimum atomic E-state index is 0.630. The molecule has 0 bridgehead atoms. The highest BCUT2D eigenvalue weighted by Crippen LogP contribution is 2.38. The van der Waals surface area contributed by atoms with Gasteiger partial charge in [-0.25, -0.2) is 0 Å². The van der Waals surface area contributed by atoms with Gasteiger partial charge in [0.2, 0.25) is 0 Å². The van der Waals surface area contributed by atoms with Crippen LogP contribution in [-0.2, 0) is 6.42 Å². The molecule has 2 fully saturated rings. The maximum absolute atomic E-state index is 4.05. The summed E-state index contributed by atoms with van der Waals surface area (Å²) in [5.74, 6) is 0. The Morgan fingerprint density at radius 1 is 1.15 bits per heavy atom. The standard InChI is InChI=1S/C16H23IN2S/c17-16-10-11-12(4-3-6-15(11)20-16)18-13-7-9-19-8-2-1-5-14(13)19/h10,12-14,18H,1-9H2. The number of piperidine rings is 1. The predicted octanol–water partition coefficient (Wildman–Crippen LogP) is 3.95. The lowest BCUT2D eigenvalue weighted by molar-refractivity contribution is 0.175. The smallest absolute Gasteiger partial charge is 0.0659 e. The van der Waals surface area contributed by atoms with Crippen molar-refractivity contribution in [2.24, 2.45) is 0 Å². The second kappa shape index (κ2) is 5.86. The second-order valence-electron chi connectivity index (χ2n) is 6.53. The zero-order valence-corrected chi connectivity index (χ0v) is 14.9. The number of hydrogen-bond acceptors (Lipinski definition) is 3. The highest BCUT2D eigenvalue weighted by Gasteiger charge is 2.37. The van der Waals surface area contributed by atoms with Gasteiger partial charge >= 0.3 is 0 Å². The lowest BCUT2D eigenvalue weighted by Crippen LogP contribution is -2.46. The Morgan fingerprint density at radius 2 is 2.10 bits per heavy atom. The zero-order chi connectivity index (χ0) is 13.5. The highest BCUT2D eigenvalue weighted by molar-refractivity contribution is 14.1. The van der Waals surface area contributed by atoms with Crippen molar-refractivity contribution >= 4 is 33.9 Å². The Labute approximate surface area is 139 Å². The summed E-state index contributed by atoms with van der Waals surface area (Å²) in [6.45, 7) is 2.66. The van der Waals surface area contributed by atoms with Crippen LogP contribution in [0.25, 0.3) is 0 Å². The molecule has 20 heavy (non-hydrogen) atoms. The van der Waals surface area contributed by atoms with Crippen molar-refractivity contribution in [2.75, 3.05) is 13.1 Å². The Morgan fingerprint density at radius 3 is 3.05 bits per heavy atom. The van der Waals surface area contributed by atoms with Crippen LogP contribution in [0.1, 0.15) is 55.0 Å². The summed E-state index contributed by atoms with van der Waals surface area (Å²) in [6, 6.07) is 4.63. The van der Waals surface area contributed by atoms with Crippen LogP contribution in [0.2, 0.25) is 0 Å². The van der Waals surface area contributed by atoms with Crippen molar-refractivity contribution < 1.29 is 0 Å². The molecular weight excluding hydrogens is 379 g/mol. The Balaban J connectivity index is 1.49. The normalized spacial score (nSPS) is 34.0. The molecule has 1 aromatic rings. The van der Waals surface area contributed by atoms with Crippen LogP contribution < -0.4 is 5.32 Å². The van der Waals surface area contributed by atoms with Crippen molar-refractivity contribution in [3.05, 3.63) is 19.4 Å². The summed E-state index contributed by atoms with van der Waals surface area (Å²) >= 11 is 4.50. The molecule has 0 spiro atoms. The molecule has 4 rings (SSSR count). The van der Waals surface area contributed by atoms with Crippen molar-refractivity contribution in [3.8, 4) is 0 Å². The van der Waals surface area contributed by atoms with Crippen molar-refractivity contribution in [3.63, 3.8) is 0 Å². The topological polar surface area (TPSA) is 15.3 Å². The summed E-state index contributed by atoms with van der Waals surface area (Å²) in [4.78, 5) is 4.39. The molecule has 0 saturated carbocycles. The van der Waals surface area contributed by atoms with E-state index in [1.165, 1.54) is 60.9 Å². The van der Waals surface area contributed by atoms with E-state index in [1.807, 2.05) is 11.3 Å². The lowest BCUT2D eigenvalue weighted by atomic mass is 9.91. The van der Waals surface area contributed by atoms with Gasteiger partial charge in [0.05, 0.1) is 2.88 Å². The second-order valence-corrected chi connectivity index (χ2v) is 9.57.